The predicted octanol–water partition coefficient (Wildman–Crippen LogP) is 2.61. The van der Waals surface area contributed by atoms with Crippen molar-refractivity contribution in [3.63, 3.8) is 0 Å². The maximum absolute atomic E-state index is 13.5. The van der Waals surface area contributed by atoms with Crippen molar-refractivity contribution in [1.29, 1.82) is 0 Å². The van der Waals surface area contributed by atoms with Gasteiger partial charge in [0.05, 0.1) is 12.3 Å². The SMILES string of the molecule is CCOC(=O)N1CCN(C(=O)C(CCC(=O)O)NC(=O)c2cc(N3CCCC3)cc(-c3ccccc3)n2)CC1. The number of nitrogens with one attached hydrogen (secondary N) is 1. The van der Waals surface area contributed by atoms with Gasteiger partial charge < -0.3 is 29.9 Å². The first kappa shape index (κ1) is 27.9. The van der Waals surface area contributed by atoms with Crippen molar-refractivity contribution in [1.82, 2.24) is 20.1 Å². The molecule has 0 radical (unpaired) electrons. The van der Waals surface area contributed by atoms with Crippen molar-refractivity contribution in [2.45, 2.75) is 38.6 Å². The summed E-state index contributed by atoms with van der Waals surface area (Å²) in [6.07, 6.45) is 1.36. The van der Waals surface area contributed by atoms with Gasteiger partial charge in [-0.1, -0.05) is 30.3 Å². The molecule has 1 aromatic heterocycles. The molecule has 2 aromatic rings. The van der Waals surface area contributed by atoms with Crippen molar-refractivity contribution >= 4 is 29.6 Å². The number of hydrogen-bond donors (Lipinski definition) is 2. The Hall–Kier alpha value is -4.15. The number of aliphatic carboxylic acids is 1. The molecule has 0 bridgehead atoms. The van der Waals surface area contributed by atoms with E-state index in [1.54, 1.807) is 17.9 Å². The molecule has 2 saturated heterocycles. The lowest BCUT2D eigenvalue weighted by Gasteiger charge is -2.36. The molecule has 2 N–H and O–H groups in total. The van der Waals surface area contributed by atoms with Crippen molar-refractivity contribution < 1.29 is 29.0 Å². The Bertz CT molecular complexity index is 1180. The van der Waals surface area contributed by atoms with Crippen LogP contribution in [0.5, 0.6) is 0 Å². The van der Waals surface area contributed by atoms with Crippen molar-refractivity contribution in [2.24, 2.45) is 0 Å². The molecule has 4 rings (SSSR count). The number of anilines is 1. The molecule has 0 saturated carbocycles. The molecule has 39 heavy (non-hydrogen) atoms. The minimum absolute atomic E-state index is 0.0602. The molecular weight excluding hydrogens is 502 g/mol. The van der Waals surface area contributed by atoms with E-state index in [-0.39, 0.29) is 44.1 Å². The van der Waals surface area contributed by atoms with Gasteiger partial charge in [0.15, 0.2) is 0 Å². The molecule has 0 aliphatic carbocycles. The van der Waals surface area contributed by atoms with Gasteiger partial charge in [0, 0.05) is 56.9 Å². The summed E-state index contributed by atoms with van der Waals surface area (Å²) in [5, 5.41) is 12.0. The highest BCUT2D eigenvalue weighted by Gasteiger charge is 2.31. The standard InChI is InChI=1S/C28H35N5O6/c1-2-39-28(38)33-16-14-32(15-17-33)27(37)22(10-11-25(34)35)30-26(36)24-19-21(31-12-6-7-13-31)18-23(29-24)20-8-4-3-5-9-20/h3-5,8-9,18-19,22H,2,6-7,10-17H2,1H3,(H,30,36)(H,34,35). The number of ether oxygens (including phenoxy) is 1. The van der Waals surface area contributed by atoms with Crippen LogP contribution in [0.1, 0.15) is 43.1 Å². The van der Waals surface area contributed by atoms with E-state index in [2.05, 4.69) is 15.2 Å². The summed E-state index contributed by atoms with van der Waals surface area (Å²) in [5.74, 6) is -1.98. The summed E-state index contributed by atoms with van der Waals surface area (Å²) < 4.78 is 5.03. The largest absolute Gasteiger partial charge is 0.481 e. The lowest BCUT2D eigenvalue weighted by atomic mass is 10.1. The van der Waals surface area contributed by atoms with Crippen LogP contribution in [0.3, 0.4) is 0 Å². The number of piperazine rings is 1. The number of carbonyl (C=O) groups excluding carboxylic acids is 3. The van der Waals surface area contributed by atoms with Gasteiger partial charge >= 0.3 is 12.1 Å². The number of benzene rings is 1. The van der Waals surface area contributed by atoms with E-state index in [9.17, 15) is 24.3 Å². The number of pyridine rings is 1. The van der Waals surface area contributed by atoms with Crippen LogP contribution in [0.15, 0.2) is 42.5 Å². The second-order valence-corrected chi connectivity index (χ2v) is 9.63. The Labute approximate surface area is 227 Å². The van der Waals surface area contributed by atoms with Crippen LogP contribution < -0.4 is 10.2 Å². The number of hydrogen-bond acceptors (Lipinski definition) is 7. The Morgan fingerprint density at radius 1 is 0.974 bits per heavy atom. The smallest absolute Gasteiger partial charge is 0.409 e. The molecule has 3 amide bonds. The highest BCUT2D eigenvalue weighted by Crippen LogP contribution is 2.27. The van der Waals surface area contributed by atoms with Gasteiger partial charge in [-0.25, -0.2) is 9.78 Å². The molecule has 2 aliphatic rings. The maximum atomic E-state index is 13.5. The van der Waals surface area contributed by atoms with Gasteiger partial charge in [-0.2, -0.15) is 0 Å². The minimum Gasteiger partial charge on any atom is -0.481 e. The average molecular weight is 538 g/mol. The van der Waals surface area contributed by atoms with Crippen LogP contribution in [0.4, 0.5) is 10.5 Å². The van der Waals surface area contributed by atoms with Gasteiger partial charge in [-0.05, 0) is 38.3 Å². The van der Waals surface area contributed by atoms with Gasteiger partial charge in [0.1, 0.15) is 11.7 Å². The predicted molar refractivity (Wildman–Crippen MR) is 144 cm³/mol. The van der Waals surface area contributed by atoms with Crippen LogP contribution in [-0.4, -0.2) is 95.7 Å². The average Bonchev–Trinajstić information content (AvgIpc) is 3.50. The molecule has 2 aliphatic heterocycles. The zero-order valence-corrected chi connectivity index (χ0v) is 22.2. The molecular formula is C28H35N5O6. The first-order valence-corrected chi connectivity index (χ1v) is 13.4. The third kappa shape index (κ3) is 7.24. The fraction of sp³-hybridized carbons (Fsp3) is 0.464. The number of rotatable bonds is 9. The quantitative estimate of drug-likeness (QED) is 0.499. The molecule has 11 nitrogen and oxygen atoms in total. The summed E-state index contributed by atoms with van der Waals surface area (Å²) in [5.41, 5.74) is 2.56. The van der Waals surface area contributed by atoms with Gasteiger partial charge in [0.2, 0.25) is 5.91 Å². The number of carbonyl (C=O) groups is 4. The molecule has 3 heterocycles. The highest BCUT2D eigenvalue weighted by atomic mass is 16.6. The van der Waals surface area contributed by atoms with Crippen LogP contribution in [0.25, 0.3) is 11.3 Å². The van der Waals surface area contributed by atoms with Crippen molar-refractivity contribution in [3.05, 3.63) is 48.2 Å². The number of aromatic nitrogens is 1. The Morgan fingerprint density at radius 2 is 1.64 bits per heavy atom. The van der Waals surface area contributed by atoms with Crippen LogP contribution in [0.2, 0.25) is 0 Å². The van der Waals surface area contributed by atoms with E-state index in [1.807, 2.05) is 36.4 Å². The van der Waals surface area contributed by atoms with E-state index >= 15 is 0 Å². The van der Waals surface area contributed by atoms with Crippen LogP contribution >= 0.6 is 0 Å². The molecule has 0 spiro atoms. The summed E-state index contributed by atoms with van der Waals surface area (Å²) >= 11 is 0. The lowest BCUT2D eigenvalue weighted by Crippen LogP contribution is -2.56. The third-order valence-corrected chi connectivity index (χ3v) is 6.95. The summed E-state index contributed by atoms with van der Waals surface area (Å²) in [6, 6.07) is 12.2. The zero-order chi connectivity index (χ0) is 27.8. The van der Waals surface area contributed by atoms with E-state index < -0.39 is 24.0 Å². The normalized spacial score (nSPS) is 16.1. The highest BCUT2D eigenvalue weighted by molar-refractivity contribution is 5.97. The van der Waals surface area contributed by atoms with Gasteiger partial charge in [0.25, 0.3) is 5.91 Å². The summed E-state index contributed by atoms with van der Waals surface area (Å²) in [7, 11) is 0. The second-order valence-electron chi connectivity index (χ2n) is 9.63. The summed E-state index contributed by atoms with van der Waals surface area (Å²) in [6.45, 7) is 4.88. The van der Waals surface area contributed by atoms with Gasteiger partial charge in [-0.3, -0.25) is 14.4 Å². The van der Waals surface area contributed by atoms with E-state index in [0.29, 0.717) is 18.8 Å². The molecule has 1 aromatic carbocycles. The maximum Gasteiger partial charge on any atom is 0.409 e. The van der Waals surface area contributed by atoms with Crippen LogP contribution in [0, 0.1) is 0 Å². The minimum atomic E-state index is -1.06. The van der Waals surface area contributed by atoms with E-state index in [4.69, 9.17) is 4.74 Å². The number of amides is 3. The fourth-order valence-corrected chi connectivity index (χ4v) is 4.85. The second kappa shape index (κ2) is 13.1. The number of carboxylic acid groups (broad SMARTS) is 1. The fourth-order valence-electron chi connectivity index (χ4n) is 4.85. The number of nitrogens with zero attached hydrogens (tertiary/aromatic N) is 4. The van der Waals surface area contributed by atoms with E-state index in [1.165, 1.54) is 4.90 Å². The Kier molecular flexibility index (Phi) is 9.35. The Morgan fingerprint density at radius 3 is 2.28 bits per heavy atom. The molecule has 208 valence electrons. The number of carboxylic acids is 1. The monoisotopic (exact) mass is 537 g/mol. The first-order valence-electron chi connectivity index (χ1n) is 13.4. The molecule has 2 fully saturated rings. The topological polar surface area (TPSA) is 132 Å². The van der Waals surface area contributed by atoms with Gasteiger partial charge in [-0.15, -0.1) is 0 Å². The van der Waals surface area contributed by atoms with Crippen molar-refractivity contribution in [2.75, 3.05) is 50.8 Å². The zero-order valence-electron chi connectivity index (χ0n) is 22.2. The van der Waals surface area contributed by atoms with Crippen molar-refractivity contribution in [3.8, 4) is 11.3 Å². The first-order chi connectivity index (χ1) is 18.9. The Balaban J connectivity index is 1.53. The third-order valence-electron chi connectivity index (χ3n) is 6.95. The molecule has 11 heteroatoms. The molecule has 1 atom stereocenters. The van der Waals surface area contributed by atoms with E-state index in [0.717, 1.165) is 37.2 Å². The molecule has 1 unspecified atom stereocenters. The van der Waals surface area contributed by atoms with Crippen LogP contribution in [-0.2, 0) is 14.3 Å². The lowest BCUT2D eigenvalue weighted by molar-refractivity contribution is -0.138. The summed E-state index contributed by atoms with van der Waals surface area (Å²) in [4.78, 5) is 60.1.